The van der Waals surface area contributed by atoms with Crippen molar-refractivity contribution in [3.8, 4) is 5.75 Å². The third-order valence-electron chi connectivity index (χ3n) is 3.66. The van der Waals surface area contributed by atoms with E-state index in [1.807, 2.05) is 13.0 Å². The predicted octanol–water partition coefficient (Wildman–Crippen LogP) is 2.34. The standard InChI is InChI=1S/C15H23NO2/c1-3-18-14-6-4-5-13(7-14)15(10-17-11-15)8-12(2)9-16/h4-7,12H,3,8-11,16H2,1-2H3. The summed E-state index contributed by atoms with van der Waals surface area (Å²) in [6.45, 7) is 7.23. The van der Waals surface area contributed by atoms with Crippen molar-refractivity contribution < 1.29 is 9.47 Å². The van der Waals surface area contributed by atoms with Crippen molar-refractivity contribution in [3.63, 3.8) is 0 Å². The van der Waals surface area contributed by atoms with Gasteiger partial charge in [-0.1, -0.05) is 19.1 Å². The Morgan fingerprint density at radius 2 is 2.22 bits per heavy atom. The molecule has 1 fully saturated rings. The van der Waals surface area contributed by atoms with Gasteiger partial charge in [0.2, 0.25) is 0 Å². The van der Waals surface area contributed by atoms with Gasteiger partial charge in [-0.2, -0.15) is 0 Å². The van der Waals surface area contributed by atoms with Crippen LogP contribution in [0.25, 0.3) is 0 Å². The maximum absolute atomic E-state index is 5.75. The fourth-order valence-corrected chi connectivity index (χ4v) is 2.58. The summed E-state index contributed by atoms with van der Waals surface area (Å²) < 4.78 is 11.0. The summed E-state index contributed by atoms with van der Waals surface area (Å²) >= 11 is 0. The highest BCUT2D eigenvalue weighted by atomic mass is 16.5. The first-order chi connectivity index (χ1) is 8.70. The lowest BCUT2D eigenvalue weighted by atomic mass is 9.72. The minimum absolute atomic E-state index is 0.145. The summed E-state index contributed by atoms with van der Waals surface area (Å²) in [5.74, 6) is 1.46. The molecule has 0 bridgehead atoms. The van der Waals surface area contributed by atoms with Gasteiger partial charge in [-0.15, -0.1) is 0 Å². The number of rotatable bonds is 6. The van der Waals surface area contributed by atoms with E-state index in [1.54, 1.807) is 0 Å². The van der Waals surface area contributed by atoms with Crippen molar-refractivity contribution in [3.05, 3.63) is 29.8 Å². The Hall–Kier alpha value is -1.06. The zero-order chi connectivity index (χ0) is 13.0. The van der Waals surface area contributed by atoms with Crippen molar-refractivity contribution in [1.29, 1.82) is 0 Å². The van der Waals surface area contributed by atoms with E-state index < -0.39 is 0 Å². The number of hydrogen-bond acceptors (Lipinski definition) is 3. The molecular formula is C15H23NO2. The van der Waals surface area contributed by atoms with Gasteiger partial charge in [0, 0.05) is 5.41 Å². The second-order valence-electron chi connectivity index (χ2n) is 5.28. The van der Waals surface area contributed by atoms with E-state index in [1.165, 1.54) is 5.56 Å². The predicted molar refractivity (Wildman–Crippen MR) is 72.9 cm³/mol. The minimum Gasteiger partial charge on any atom is -0.494 e. The molecule has 1 aromatic rings. The Morgan fingerprint density at radius 3 is 2.78 bits per heavy atom. The Kier molecular flexibility index (Phi) is 4.25. The number of ether oxygens (including phenoxy) is 2. The lowest BCUT2D eigenvalue weighted by Crippen LogP contribution is -2.48. The molecular weight excluding hydrogens is 226 g/mol. The van der Waals surface area contributed by atoms with Crippen LogP contribution in [0.3, 0.4) is 0 Å². The third kappa shape index (κ3) is 2.68. The van der Waals surface area contributed by atoms with Crippen LogP contribution in [0.5, 0.6) is 5.75 Å². The Balaban J connectivity index is 2.18. The molecule has 0 aromatic heterocycles. The molecule has 1 aromatic carbocycles. The van der Waals surface area contributed by atoms with Gasteiger partial charge < -0.3 is 15.2 Å². The fraction of sp³-hybridized carbons (Fsp3) is 0.600. The van der Waals surface area contributed by atoms with Gasteiger partial charge >= 0.3 is 0 Å². The number of benzene rings is 1. The SMILES string of the molecule is CCOc1cccc(C2(CC(C)CN)COC2)c1. The van der Waals surface area contributed by atoms with Crippen molar-refractivity contribution in [1.82, 2.24) is 0 Å². The minimum atomic E-state index is 0.145. The second kappa shape index (κ2) is 5.72. The largest absolute Gasteiger partial charge is 0.494 e. The number of hydrogen-bond donors (Lipinski definition) is 1. The molecule has 1 aliphatic heterocycles. The van der Waals surface area contributed by atoms with Crippen LogP contribution < -0.4 is 10.5 Å². The van der Waals surface area contributed by atoms with E-state index >= 15 is 0 Å². The van der Waals surface area contributed by atoms with Crippen LogP contribution in [0.2, 0.25) is 0 Å². The van der Waals surface area contributed by atoms with E-state index in [4.69, 9.17) is 15.2 Å². The van der Waals surface area contributed by atoms with Crippen LogP contribution in [-0.4, -0.2) is 26.4 Å². The molecule has 1 heterocycles. The van der Waals surface area contributed by atoms with Crippen LogP contribution in [0.4, 0.5) is 0 Å². The summed E-state index contributed by atoms with van der Waals surface area (Å²) in [5, 5.41) is 0. The zero-order valence-corrected chi connectivity index (χ0v) is 11.3. The molecule has 1 aliphatic rings. The monoisotopic (exact) mass is 249 g/mol. The average Bonchev–Trinajstić information content (AvgIpc) is 2.34. The average molecular weight is 249 g/mol. The molecule has 0 amide bonds. The Bertz CT molecular complexity index is 388. The van der Waals surface area contributed by atoms with Gasteiger partial charge in [-0.25, -0.2) is 0 Å². The van der Waals surface area contributed by atoms with Crippen LogP contribution >= 0.6 is 0 Å². The molecule has 1 saturated heterocycles. The fourth-order valence-electron chi connectivity index (χ4n) is 2.58. The molecule has 3 heteroatoms. The molecule has 18 heavy (non-hydrogen) atoms. The van der Waals surface area contributed by atoms with Crippen molar-refractivity contribution in [2.24, 2.45) is 11.7 Å². The van der Waals surface area contributed by atoms with E-state index in [0.29, 0.717) is 12.5 Å². The van der Waals surface area contributed by atoms with Crippen molar-refractivity contribution in [2.75, 3.05) is 26.4 Å². The van der Waals surface area contributed by atoms with Gasteiger partial charge in [-0.3, -0.25) is 0 Å². The zero-order valence-electron chi connectivity index (χ0n) is 11.3. The van der Waals surface area contributed by atoms with Gasteiger partial charge in [0.25, 0.3) is 0 Å². The third-order valence-corrected chi connectivity index (χ3v) is 3.66. The van der Waals surface area contributed by atoms with E-state index in [2.05, 4.69) is 25.1 Å². The lowest BCUT2D eigenvalue weighted by Gasteiger charge is -2.43. The van der Waals surface area contributed by atoms with Crippen LogP contribution in [-0.2, 0) is 10.2 Å². The van der Waals surface area contributed by atoms with Crippen molar-refractivity contribution in [2.45, 2.75) is 25.7 Å². The number of nitrogens with two attached hydrogens (primary N) is 1. The molecule has 0 saturated carbocycles. The quantitative estimate of drug-likeness (QED) is 0.841. The molecule has 2 rings (SSSR count). The summed E-state index contributed by atoms with van der Waals surface area (Å²) in [4.78, 5) is 0. The van der Waals surface area contributed by atoms with Gasteiger partial charge in [0.15, 0.2) is 0 Å². The van der Waals surface area contributed by atoms with E-state index in [9.17, 15) is 0 Å². The van der Waals surface area contributed by atoms with Gasteiger partial charge in [-0.05, 0) is 43.5 Å². The summed E-state index contributed by atoms with van der Waals surface area (Å²) in [6.07, 6.45) is 1.08. The highest BCUT2D eigenvalue weighted by Crippen LogP contribution is 2.39. The smallest absolute Gasteiger partial charge is 0.119 e. The maximum atomic E-state index is 5.75. The maximum Gasteiger partial charge on any atom is 0.119 e. The van der Waals surface area contributed by atoms with Gasteiger partial charge in [0.1, 0.15) is 5.75 Å². The van der Waals surface area contributed by atoms with Crippen molar-refractivity contribution >= 4 is 0 Å². The molecule has 0 aliphatic carbocycles. The van der Waals surface area contributed by atoms with E-state index in [-0.39, 0.29) is 5.41 Å². The first-order valence-electron chi connectivity index (χ1n) is 6.71. The summed E-state index contributed by atoms with van der Waals surface area (Å²) in [7, 11) is 0. The lowest BCUT2D eigenvalue weighted by molar-refractivity contribution is -0.0702. The molecule has 1 unspecified atom stereocenters. The molecule has 0 radical (unpaired) electrons. The molecule has 3 nitrogen and oxygen atoms in total. The second-order valence-corrected chi connectivity index (χ2v) is 5.28. The highest BCUT2D eigenvalue weighted by molar-refractivity contribution is 5.35. The molecule has 1 atom stereocenters. The molecule has 100 valence electrons. The Labute approximate surface area is 109 Å². The van der Waals surface area contributed by atoms with Crippen LogP contribution in [0.15, 0.2) is 24.3 Å². The van der Waals surface area contributed by atoms with Crippen LogP contribution in [0.1, 0.15) is 25.8 Å². The molecule has 0 spiro atoms. The van der Waals surface area contributed by atoms with Crippen LogP contribution in [0, 0.1) is 5.92 Å². The van der Waals surface area contributed by atoms with E-state index in [0.717, 1.165) is 31.9 Å². The molecule has 2 N–H and O–H groups in total. The summed E-state index contributed by atoms with van der Waals surface area (Å²) in [6, 6.07) is 8.39. The first kappa shape index (κ1) is 13.4. The summed E-state index contributed by atoms with van der Waals surface area (Å²) in [5.41, 5.74) is 7.21. The Morgan fingerprint density at radius 1 is 1.44 bits per heavy atom. The van der Waals surface area contributed by atoms with Gasteiger partial charge in [0.05, 0.1) is 19.8 Å². The highest BCUT2D eigenvalue weighted by Gasteiger charge is 2.41. The topological polar surface area (TPSA) is 44.5 Å². The normalized spacial score (nSPS) is 19.1. The first-order valence-corrected chi connectivity index (χ1v) is 6.71.